The molecule has 12 heteroatoms. The van der Waals surface area contributed by atoms with E-state index in [1.807, 2.05) is 13.8 Å². The van der Waals surface area contributed by atoms with Gasteiger partial charge in [-0.05, 0) is 50.2 Å². The molecule has 0 atom stereocenters. The van der Waals surface area contributed by atoms with Crippen LogP contribution in [0.25, 0.3) is 0 Å². The number of rotatable bonds is 12. The molecule has 0 aliphatic rings. The molecule has 0 fully saturated rings. The molecule has 0 amide bonds. The Labute approximate surface area is 210 Å². The van der Waals surface area contributed by atoms with Gasteiger partial charge in [0, 0.05) is 30.9 Å². The fourth-order valence-electron chi connectivity index (χ4n) is 3.22. The molecule has 0 saturated carbocycles. The minimum atomic E-state index is -4.00. The molecule has 0 unspecified atom stereocenters. The summed E-state index contributed by atoms with van der Waals surface area (Å²) in [4.78, 5) is 12.1. The Morgan fingerprint density at radius 2 is 1.08 bits per heavy atom. The van der Waals surface area contributed by atoms with E-state index < -0.39 is 25.2 Å². The molecule has 0 bridgehead atoms. The van der Waals surface area contributed by atoms with E-state index in [-0.39, 0.29) is 41.8 Å². The fourth-order valence-corrected chi connectivity index (χ4v) is 5.01. The van der Waals surface area contributed by atoms with E-state index in [1.54, 1.807) is 29.2 Å². The molecule has 0 heterocycles. The minimum Gasteiger partial charge on any atom is -0.367 e. The van der Waals surface area contributed by atoms with Gasteiger partial charge in [0.05, 0.1) is 27.9 Å². The van der Waals surface area contributed by atoms with Crippen molar-refractivity contribution in [3.05, 3.63) is 94.0 Å². The molecule has 0 radical (unpaired) electrons. The zero-order valence-corrected chi connectivity index (χ0v) is 21.4. The Bertz CT molecular complexity index is 1310. The summed E-state index contributed by atoms with van der Waals surface area (Å²) in [5.41, 5.74) is 2.20. The number of nitro groups is 1. The van der Waals surface area contributed by atoms with E-state index >= 15 is 0 Å². The van der Waals surface area contributed by atoms with Crippen molar-refractivity contribution in [1.82, 2.24) is 0 Å². The lowest BCUT2D eigenvalue weighted by Crippen LogP contribution is -2.32. The van der Waals surface area contributed by atoms with E-state index in [1.165, 1.54) is 48.5 Å². The third-order valence-corrected chi connectivity index (χ3v) is 7.90. The number of benzene rings is 3. The smallest absolute Gasteiger partial charge is 0.297 e. The Hall–Kier alpha value is -3.32. The van der Waals surface area contributed by atoms with Gasteiger partial charge in [-0.3, -0.25) is 18.5 Å². The Morgan fingerprint density at radius 1 is 0.694 bits per heavy atom. The molecule has 0 aliphatic carbocycles. The number of aryl methyl sites for hydroxylation is 2. The second kappa shape index (κ2) is 11.6. The first kappa shape index (κ1) is 27.3. The van der Waals surface area contributed by atoms with Gasteiger partial charge in [0.15, 0.2) is 0 Å². The molecule has 0 aliphatic heterocycles. The number of non-ortho nitro benzene ring substituents is 1. The molecule has 0 saturated heterocycles. The van der Waals surface area contributed by atoms with E-state index in [0.29, 0.717) is 5.69 Å². The first-order valence-electron chi connectivity index (χ1n) is 10.9. The first-order chi connectivity index (χ1) is 17.0. The normalized spacial score (nSPS) is 11.8. The summed E-state index contributed by atoms with van der Waals surface area (Å²) in [6.45, 7) is 3.30. The molecule has 192 valence electrons. The van der Waals surface area contributed by atoms with Gasteiger partial charge >= 0.3 is 0 Å². The minimum absolute atomic E-state index is 0.0162. The number of hydrogen-bond acceptors (Lipinski definition) is 9. The molecule has 0 aromatic heterocycles. The number of nitrogens with zero attached hydrogens (tertiary/aromatic N) is 2. The predicted molar refractivity (Wildman–Crippen MR) is 134 cm³/mol. The van der Waals surface area contributed by atoms with Gasteiger partial charge in [-0.1, -0.05) is 35.4 Å². The van der Waals surface area contributed by atoms with Crippen LogP contribution in [0, 0.1) is 24.0 Å². The summed E-state index contributed by atoms with van der Waals surface area (Å²) in [6, 6.07) is 18.0. The topological polar surface area (TPSA) is 133 Å². The highest BCUT2D eigenvalue weighted by atomic mass is 32.2. The van der Waals surface area contributed by atoms with Gasteiger partial charge in [0.25, 0.3) is 25.9 Å². The van der Waals surface area contributed by atoms with Gasteiger partial charge in [-0.2, -0.15) is 16.8 Å². The molecule has 3 aromatic carbocycles. The lowest BCUT2D eigenvalue weighted by molar-refractivity contribution is -0.384. The van der Waals surface area contributed by atoms with Crippen LogP contribution in [0.5, 0.6) is 0 Å². The molecule has 0 spiro atoms. The van der Waals surface area contributed by atoms with Crippen LogP contribution in [-0.2, 0) is 28.6 Å². The summed E-state index contributed by atoms with van der Waals surface area (Å²) in [5, 5.41) is 11.0. The Kier molecular flexibility index (Phi) is 8.79. The van der Waals surface area contributed by atoms with Gasteiger partial charge in [-0.15, -0.1) is 0 Å². The Balaban J connectivity index is 1.69. The lowest BCUT2D eigenvalue weighted by atomic mass is 10.2. The van der Waals surface area contributed by atoms with Gasteiger partial charge in [0.1, 0.15) is 0 Å². The van der Waals surface area contributed by atoms with Crippen molar-refractivity contribution in [2.75, 3.05) is 31.2 Å². The van der Waals surface area contributed by atoms with Crippen molar-refractivity contribution in [3.63, 3.8) is 0 Å². The number of anilines is 1. The first-order valence-corrected chi connectivity index (χ1v) is 13.7. The van der Waals surface area contributed by atoms with Crippen molar-refractivity contribution in [3.8, 4) is 0 Å². The summed E-state index contributed by atoms with van der Waals surface area (Å²) in [5.74, 6) is 0. The third kappa shape index (κ3) is 7.34. The maximum atomic E-state index is 12.5. The summed E-state index contributed by atoms with van der Waals surface area (Å²) < 4.78 is 60.3. The predicted octanol–water partition coefficient (Wildman–Crippen LogP) is 3.83. The molecule has 0 N–H and O–H groups in total. The number of hydrogen-bond donors (Lipinski definition) is 0. The number of nitro benzene ring substituents is 1. The summed E-state index contributed by atoms with van der Waals surface area (Å²) in [7, 11) is -8.00. The highest BCUT2D eigenvalue weighted by Gasteiger charge is 2.19. The molecule has 3 rings (SSSR count). The van der Waals surface area contributed by atoms with Crippen LogP contribution in [0.15, 0.2) is 82.6 Å². The second-order valence-electron chi connectivity index (χ2n) is 7.94. The van der Waals surface area contributed by atoms with Crippen LogP contribution in [0.4, 0.5) is 11.4 Å². The van der Waals surface area contributed by atoms with Gasteiger partial charge in [-0.25, -0.2) is 0 Å². The summed E-state index contributed by atoms with van der Waals surface area (Å²) in [6.07, 6.45) is 0. The van der Waals surface area contributed by atoms with Crippen LogP contribution >= 0.6 is 0 Å². The molecule has 36 heavy (non-hydrogen) atoms. The van der Waals surface area contributed by atoms with Crippen molar-refractivity contribution in [2.45, 2.75) is 23.6 Å². The second-order valence-corrected chi connectivity index (χ2v) is 11.2. The van der Waals surface area contributed by atoms with Crippen molar-refractivity contribution in [2.24, 2.45) is 0 Å². The average Bonchev–Trinajstić information content (AvgIpc) is 2.83. The van der Waals surface area contributed by atoms with E-state index in [4.69, 9.17) is 8.37 Å². The quantitative estimate of drug-likeness (QED) is 0.193. The van der Waals surface area contributed by atoms with Crippen LogP contribution in [-0.4, -0.2) is 48.1 Å². The molecular weight excluding hydrogens is 508 g/mol. The van der Waals surface area contributed by atoms with Crippen molar-refractivity contribution >= 4 is 31.6 Å². The zero-order chi connectivity index (χ0) is 26.3. The fraction of sp³-hybridized carbons (Fsp3) is 0.250. The molecule has 10 nitrogen and oxygen atoms in total. The largest absolute Gasteiger partial charge is 0.367 e. The van der Waals surface area contributed by atoms with Crippen LogP contribution < -0.4 is 4.90 Å². The van der Waals surface area contributed by atoms with Gasteiger partial charge in [0.2, 0.25) is 0 Å². The summed E-state index contributed by atoms with van der Waals surface area (Å²) >= 11 is 0. The van der Waals surface area contributed by atoms with Crippen LogP contribution in [0.2, 0.25) is 0 Å². The molecule has 3 aromatic rings. The Morgan fingerprint density at radius 3 is 1.44 bits per heavy atom. The van der Waals surface area contributed by atoms with E-state index in [9.17, 15) is 26.9 Å². The van der Waals surface area contributed by atoms with E-state index in [0.717, 1.165) is 11.1 Å². The standard InChI is InChI=1S/C24H26N2O8S2/c1-19-3-11-23(12-4-19)35(29,30)33-17-15-25(21-7-9-22(10-8-21)26(27)28)16-18-34-36(31,32)24-13-5-20(2)6-14-24/h3-14H,15-18H2,1-2H3. The highest BCUT2D eigenvalue weighted by Crippen LogP contribution is 2.21. The average molecular weight is 535 g/mol. The van der Waals surface area contributed by atoms with Crippen molar-refractivity contribution < 1.29 is 30.1 Å². The highest BCUT2D eigenvalue weighted by molar-refractivity contribution is 7.87. The van der Waals surface area contributed by atoms with Crippen LogP contribution in [0.3, 0.4) is 0 Å². The monoisotopic (exact) mass is 534 g/mol. The maximum Gasteiger partial charge on any atom is 0.297 e. The van der Waals surface area contributed by atoms with E-state index in [2.05, 4.69) is 0 Å². The van der Waals surface area contributed by atoms with Crippen molar-refractivity contribution in [1.29, 1.82) is 0 Å². The van der Waals surface area contributed by atoms with Gasteiger partial charge < -0.3 is 4.90 Å². The zero-order valence-electron chi connectivity index (χ0n) is 19.7. The van der Waals surface area contributed by atoms with Crippen LogP contribution in [0.1, 0.15) is 11.1 Å². The SMILES string of the molecule is Cc1ccc(S(=O)(=O)OCCN(CCOS(=O)(=O)c2ccc(C)cc2)c2ccc([N+](=O)[O-])cc2)cc1. The third-order valence-electron chi connectivity index (χ3n) is 5.24. The molecular formula is C24H26N2O8S2. The maximum absolute atomic E-state index is 12.5. The lowest BCUT2D eigenvalue weighted by Gasteiger charge is -2.24.